The monoisotopic (exact) mass is 292 g/mol. The first-order valence-corrected chi connectivity index (χ1v) is 7.12. The molecule has 2 atom stereocenters. The third-order valence-corrected chi connectivity index (χ3v) is 4.20. The van der Waals surface area contributed by atoms with E-state index in [1.807, 2.05) is 6.92 Å². The SMILES string of the molecule is Cc1cc(C(=O)N2CCCC(C)C2CO)ccc1[N+](=O)[O-]. The third kappa shape index (κ3) is 3.05. The summed E-state index contributed by atoms with van der Waals surface area (Å²) in [4.78, 5) is 24.7. The number of hydrogen-bond donors (Lipinski definition) is 1. The Morgan fingerprint density at radius 2 is 2.24 bits per heavy atom. The van der Waals surface area contributed by atoms with Crippen molar-refractivity contribution in [1.29, 1.82) is 0 Å². The summed E-state index contributed by atoms with van der Waals surface area (Å²) in [5.41, 5.74) is 0.916. The van der Waals surface area contributed by atoms with E-state index in [-0.39, 0.29) is 30.2 Å². The molecular formula is C15H20N2O4. The minimum atomic E-state index is -0.455. The van der Waals surface area contributed by atoms with Gasteiger partial charge in [0.25, 0.3) is 11.6 Å². The Kier molecular flexibility index (Phi) is 4.57. The van der Waals surface area contributed by atoms with Crippen LogP contribution in [0.15, 0.2) is 18.2 Å². The van der Waals surface area contributed by atoms with Crippen LogP contribution in [-0.2, 0) is 0 Å². The minimum Gasteiger partial charge on any atom is -0.394 e. The second kappa shape index (κ2) is 6.22. The Hall–Kier alpha value is -1.95. The molecule has 1 aromatic rings. The van der Waals surface area contributed by atoms with Crippen molar-refractivity contribution < 1.29 is 14.8 Å². The molecule has 0 saturated carbocycles. The number of aliphatic hydroxyl groups is 1. The molecule has 0 bridgehead atoms. The summed E-state index contributed by atoms with van der Waals surface area (Å²) in [7, 11) is 0. The Bertz CT molecular complexity index is 559. The fraction of sp³-hybridized carbons (Fsp3) is 0.533. The van der Waals surface area contributed by atoms with Crippen LogP contribution >= 0.6 is 0 Å². The minimum absolute atomic E-state index is 0.0114. The maximum Gasteiger partial charge on any atom is 0.272 e. The van der Waals surface area contributed by atoms with Gasteiger partial charge in [-0.25, -0.2) is 0 Å². The fourth-order valence-corrected chi connectivity index (χ4v) is 2.94. The maximum absolute atomic E-state index is 12.6. The number of likely N-dealkylation sites (tertiary alicyclic amines) is 1. The number of carbonyl (C=O) groups excluding carboxylic acids is 1. The zero-order chi connectivity index (χ0) is 15.6. The highest BCUT2D eigenvalue weighted by Crippen LogP contribution is 2.26. The van der Waals surface area contributed by atoms with Crippen LogP contribution in [0, 0.1) is 23.0 Å². The van der Waals surface area contributed by atoms with E-state index in [0.29, 0.717) is 17.7 Å². The lowest BCUT2D eigenvalue weighted by molar-refractivity contribution is -0.385. The molecule has 6 nitrogen and oxygen atoms in total. The highest BCUT2D eigenvalue weighted by atomic mass is 16.6. The van der Waals surface area contributed by atoms with Crippen LogP contribution < -0.4 is 0 Å². The normalized spacial score (nSPS) is 22.1. The van der Waals surface area contributed by atoms with Crippen LogP contribution in [0.5, 0.6) is 0 Å². The van der Waals surface area contributed by atoms with Crippen molar-refractivity contribution >= 4 is 11.6 Å². The molecule has 1 aliphatic heterocycles. The van der Waals surface area contributed by atoms with E-state index in [4.69, 9.17) is 0 Å². The number of nitro benzene ring substituents is 1. The number of aryl methyl sites for hydroxylation is 1. The van der Waals surface area contributed by atoms with Crippen LogP contribution in [-0.4, -0.2) is 40.0 Å². The van der Waals surface area contributed by atoms with E-state index >= 15 is 0 Å². The molecular weight excluding hydrogens is 272 g/mol. The second-order valence-electron chi connectivity index (χ2n) is 5.63. The van der Waals surface area contributed by atoms with Gasteiger partial charge in [-0.15, -0.1) is 0 Å². The summed E-state index contributed by atoms with van der Waals surface area (Å²) >= 11 is 0. The number of piperidine rings is 1. The Balaban J connectivity index is 2.27. The zero-order valence-corrected chi connectivity index (χ0v) is 12.3. The van der Waals surface area contributed by atoms with Gasteiger partial charge in [0, 0.05) is 23.7 Å². The van der Waals surface area contributed by atoms with Crippen LogP contribution in [0.3, 0.4) is 0 Å². The van der Waals surface area contributed by atoms with E-state index in [0.717, 1.165) is 12.8 Å². The molecule has 21 heavy (non-hydrogen) atoms. The molecule has 6 heteroatoms. The molecule has 1 fully saturated rings. The lowest BCUT2D eigenvalue weighted by atomic mass is 9.90. The van der Waals surface area contributed by atoms with Gasteiger partial charge < -0.3 is 10.0 Å². The molecule has 1 heterocycles. The van der Waals surface area contributed by atoms with Crippen molar-refractivity contribution in [3.05, 3.63) is 39.4 Å². The van der Waals surface area contributed by atoms with Gasteiger partial charge in [-0.3, -0.25) is 14.9 Å². The molecule has 0 radical (unpaired) electrons. The first kappa shape index (κ1) is 15.4. The lowest BCUT2D eigenvalue weighted by Gasteiger charge is -2.39. The second-order valence-corrected chi connectivity index (χ2v) is 5.63. The van der Waals surface area contributed by atoms with E-state index in [9.17, 15) is 20.0 Å². The summed E-state index contributed by atoms with van der Waals surface area (Å²) in [6.07, 6.45) is 1.91. The number of nitrogens with zero attached hydrogens (tertiary/aromatic N) is 2. The molecule has 1 saturated heterocycles. The number of aliphatic hydroxyl groups excluding tert-OH is 1. The van der Waals surface area contributed by atoms with Gasteiger partial charge in [-0.2, -0.15) is 0 Å². The molecule has 1 aliphatic rings. The van der Waals surface area contributed by atoms with Crippen molar-refractivity contribution in [2.75, 3.05) is 13.2 Å². The molecule has 1 aromatic carbocycles. The van der Waals surface area contributed by atoms with E-state index in [1.165, 1.54) is 12.1 Å². The Morgan fingerprint density at radius 1 is 1.52 bits per heavy atom. The molecule has 1 amide bonds. The zero-order valence-electron chi connectivity index (χ0n) is 12.3. The quantitative estimate of drug-likeness (QED) is 0.683. The van der Waals surface area contributed by atoms with E-state index in [1.54, 1.807) is 17.9 Å². The number of hydrogen-bond acceptors (Lipinski definition) is 4. The number of carbonyl (C=O) groups is 1. The van der Waals surface area contributed by atoms with Crippen molar-refractivity contribution in [2.24, 2.45) is 5.92 Å². The first-order chi connectivity index (χ1) is 9.95. The molecule has 1 N–H and O–H groups in total. The number of rotatable bonds is 3. The van der Waals surface area contributed by atoms with E-state index in [2.05, 4.69) is 0 Å². The van der Waals surface area contributed by atoms with Crippen LogP contribution in [0.4, 0.5) is 5.69 Å². The molecule has 0 aliphatic carbocycles. The summed E-state index contributed by atoms with van der Waals surface area (Å²) in [5.74, 6) is 0.0884. The average molecular weight is 292 g/mol. The first-order valence-electron chi connectivity index (χ1n) is 7.12. The van der Waals surface area contributed by atoms with Gasteiger partial charge in [0.05, 0.1) is 17.6 Å². The summed E-state index contributed by atoms with van der Waals surface area (Å²) in [6, 6.07) is 4.22. The predicted octanol–water partition coefficient (Wildman–Crippen LogP) is 2.14. The van der Waals surface area contributed by atoms with Gasteiger partial charge in [0.1, 0.15) is 0 Å². The van der Waals surface area contributed by atoms with Gasteiger partial charge in [-0.05, 0) is 37.8 Å². The highest BCUT2D eigenvalue weighted by Gasteiger charge is 2.32. The maximum atomic E-state index is 12.6. The third-order valence-electron chi connectivity index (χ3n) is 4.20. The topological polar surface area (TPSA) is 83.7 Å². The van der Waals surface area contributed by atoms with Crippen LogP contribution in [0.2, 0.25) is 0 Å². The van der Waals surface area contributed by atoms with Gasteiger partial charge in [0.2, 0.25) is 0 Å². The number of amides is 1. The number of nitro groups is 1. The molecule has 0 aromatic heterocycles. The van der Waals surface area contributed by atoms with Gasteiger partial charge in [-0.1, -0.05) is 6.92 Å². The van der Waals surface area contributed by atoms with Crippen molar-refractivity contribution in [2.45, 2.75) is 32.7 Å². The summed E-state index contributed by atoms with van der Waals surface area (Å²) < 4.78 is 0. The van der Waals surface area contributed by atoms with Crippen LogP contribution in [0.1, 0.15) is 35.7 Å². The van der Waals surface area contributed by atoms with Crippen molar-refractivity contribution in [1.82, 2.24) is 4.90 Å². The predicted molar refractivity (Wildman–Crippen MR) is 78.1 cm³/mol. The lowest BCUT2D eigenvalue weighted by Crippen LogP contribution is -2.49. The van der Waals surface area contributed by atoms with Gasteiger partial charge >= 0.3 is 0 Å². The van der Waals surface area contributed by atoms with Crippen molar-refractivity contribution in [3.63, 3.8) is 0 Å². The summed E-state index contributed by atoms with van der Waals surface area (Å²) in [5, 5.41) is 20.3. The highest BCUT2D eigenvalue weighted by molar-refractivity contribution is 5.95. The molecule has 0 spiro atoms. The average Bonchev–Trinajstić information content (AvgIpc) is 2.45. The Labute approximate surface area is 123 Å². The summed E-state index contributed by atoms with van der Waals surface area (Å²) in [6.45, 7) is 4.21. The molecule has 2 unspecified atom stereocenters. The van der Waals surface area contributed by atoms with E-state index < -0.39 is 4.92 Å². The molecule has 2 rings (SSSR count). The van der Waals surface area contributed by atoms with Crippen LogP contribution in [0.25, 0.3) is 0 Å². The van der Waals surface area contributed by atoms with Crippen molar-refractivity contribution in [3.8, 4) is 0 Å². The fourth-order valence-electron chi connectivity index (χ4n) is 2.94. The molecule has 114 valence electrons. The number of benzene rings is 1. The largest absolute Gasteiger partial charge is 0.394 e. The van der Waals surface area contributed by atoms with Gasteiger partial charge in [0.15, 0.2) is 0 Å². The standard InChI is InChI=1S/C15H20N2O4/c1-10-4-3-7-16(14(10)9-18)15(19)12-5-6-13(17(20)21)11(2)8-12/h5-6,8,10,14,18H,3-4,7,9H2,1-2H3. The Morgan fingerprint density at radius 3 is 2.81 bits per heavy atom. The smallest absolute Gasteiger partial charge is 0.272 e.